The van der Waals surface area contributed by atoms with E-state index in [0.717, 1.165) is 16.7 Å². The Balaban J connectivity index is 1.43. The predicted octanol–water partition coefficient (Wildman–Crippen LogP) is 4.51. The molecule has 3 aromatic rings. The van der Waals surface area contributed by atoms with Crippen LogP contribution in [0.15, 0.2) is 65.6 Å². The molecule has 3 aromatic carbocycles. The molecule has 0 spiro atoms. The average molecular weight is 553 g/mol. The topological polar surface area (TPSA) is 142 Å². The fourth-order valence-corrected chi connectivity index (χ4v) is 5.96. The molecule has 0 fully saturated rings. The second-order valence-corrected chi connectivity index (χ2v) is 11.7. The van der Waals surface area contributed by atoms with Gasteiger partial charge in [-0.05, 0) is 59.4 Å². The molecule has 1 aliphatic rings. The highest BCUT2D eigenvalue weighted by molar-refractivity contribution is 7.89. The van der Waals surface area contributed by atoms with E-state index in [2.05, 4.69) is 10.0 Å². The van der Waals surface area contributed by atoms with Crippen LogP contribution in [0.4, 0.5) is 5.69 Å². The maximum absolute atomic E-state index is 13.0. The zero-order valence-electron chi connectivity index (χ0n) is 22.1. The maximum Gasteiger partial charge on any atom is 0.322 e. The summed E-state index contributed by atoms with van der Waals surface area (Å²) in [7, 11) is -4.01. The minimum atomic E-state index is -4.01. The molecule has 0 aromatic heterocycles. The number of carboxylic acid groups (broad SMARTS) is 1. The van der Waals surface area contributed by atoms with E-state index in [-0.39, 0.29) is 22.5 Å². The molecular formula is C29H32N2O7S. The third kappa shape index (κ3) is 5.76. The van der Waals surface area contributed by atoms with Crippen LogP contribution >= 0.6 is 0 Å². The Bertz CT molecular complexity index is 1480. The summed E-state index contributed by atoms with van der Waals surface area (Å²) in [5.74, 6) is -1.61. The third-order valence-electron chi connectivity index (χ3n) is 6.93. The van der Waals surface area contributed by atoms with Crippen LogP contribution in [0.3, 0.4) is 0 Å². The van der Waals surface area contributed by atoms with E-state index < -0.39 is 34.1 Å². The van der Waals surface area contributed by atoms with Crippen LogP contribution in [0.1, 0.15) is 44.7 Å². The molecule has 1 amide bonds. The summed E-state index contributed by atoms with van der Waals surface area (Å²) >= 11 is 0. The van der Waals surface area contributed by atoms with Crippen LogP contribution in [0.25, 0.3) is 11.1 Å². The highest BCUT2D eigenvalue weighted by Gasteiger charge is 2.39. The van der Waals surface area contributed by atoms with Crippen LogP contribution < -0.4 is 14.8 Å². The smallest absolute Gasteiger partial charge is 0.322 e. The Kier molecular flexibility index (Phi) is 7.99. The molecule has 1 heterocycles. The largest absolute Gasteiger partial charge is 0.507 e. The minimum Gasteiger partial charge on any atom is -0.507 e. The fraction of sp³-hybridized carbons (Fsp3) is 0.310. The van der Waals surface area contributed by atoms with Crippen LogP contribution in [0.5, 0.6) is 11.5 Å². The van der Waals surface area contributed by atoms with Crippen LogP contribution in [-0.4, -0.2) is 42.7 Å². The summed E-state index contributed by atoms with van der Waals surface area (Å²) in [5.41, 5.74) is 3.56. The van der Waals surface area contributed by atoms with Crippen molar-refractivity contribution in [1.29, 1.82) is 0 Å². The number of anilines is 1. The summed E-state index contributed by atoms with van der Waals surface area (Å²) in [5, 5.41) is 22.7. The Morgan fingerprint density at radius 1 is 0.974 bits per heavy atom. The molecule has 4 rings (SSSR count). The maximum atomic E-state index is 13.0. The van der Waals surface area contributed by atoms with Crippen molar-refractivity contribution in [3.63, 3.8) is 0 Å². The van der Waals surface area contributed by atoms with Crippen LogP contribution in [-0.2, 0) is 26.0 Å². The fourth-order valence-electron chi connectivity index (χ4n) is 4.63. The number of hydrogen-bond donors (Lipinski definition) is 4. The van der Waals surface area contributed by atoms with E-state index in [4.69, 9.17) is 4.74 Å². The number of carboxylic acids is 1. The molecule has 0 saturated heterocycles. The number of ether oxygens (including phenoxy) is 1. The molecule has 1 aliphatic heterocycles. The third-order valence-corrected chi connectivity index (χ3v) is 8.39. The lowest BCUT2D eigenvalue weighted by molar-refractivity contribution is -0.140. The highest BCUT2D eigenvalue weighted by Crippen LogP contribution is 2.45. The molecule has 0 saturated carbocycles. The number of amides is 1. The SMILES string of the molecule is CCc1ccc2c(c1O)C(C)C(C(=O)Nc1ccc(-c3ccc(S(=O)(=O)N[C@H](C(=O)O)C(C)C)cc3)cc1)O2. The number of carbonyl (C=O) groups is 2. The standard InChI is InChI=1S/C29H32N2O7S/c1-5-18-10-15-23-24(26(18)32)17(4)27(38-23)28(33)30-21-11-6-19(7-12-21)20-8-13-22(14-9-20)39(36,37)31-25(16(2)3)29(34)35/h6-17,25,27,31-32H,5H2,1-4H3,(H,30,33)(H,34,35)/t17?,25-,27?/m0/s1. The van der Waals surface area contributed by atoms with Gasteiger partial charge in [0.25, 0.3) is 5.91 Å². The van der Waals surface area contributed by atoms with Crippen molar-refractivity contribution < 1.29 is 33.0 Å². The first kappa shape index (κ1) is 28.1. The van der Waals surface area contributed by atoms with Gasteiger partial charge >= 0.3 is 5.97 Å². The van der Waals surface area contributed by atoms with Gasteiger partial charge in [0.2, 0.25) is 10.0 Å². The van der Waals surface area contributed by atoms with Gasteiger partial charge in [0, 0.05) is 17.2 Å². The van der Waals surface area contributed by atoms with Crippen molar-refractivity contribution >= 4 is 27.6 Å². The average Bonchev–Trinajstić information content (AvgIpc) is 3.25. The Morgan fingerprint density at radius 3 is 2.10 bits per heavy atom. The van der Waals surface area contributed by atoms with E-state index in [1.54, 1.807) is 62.4 Å². The molecule has 4 N–H and O–H groups in total. The predicted molar refractivity (Wildman–Crippen MR) is 147 cm³/mol. The Labute approximate surface area is 227 Å². The molecule has 9 nitrogen and oxygen atoms in total. The number of carbonyl (C=O) groups excluding carboxylic acids is 1. The van der Waals surface area contributed by atoms with E-state index in [1.165, 1.54) is 12.1 Å². The normalized spacial score (nSPS) is 17.4. The monoisotopic (exact) mass is 552 g/mol. The van der Waals surface area contributed by atoms with E-state index >= 15 is 0 Å². The van der Waals surface area contributed by atoms with Crippen molar-refractivity contribution in [3.8, 4) is 22.6 Å². The molecule has 2 unspecified atom stereocenters. The summed E-state index contributed by atoms with van der Waals surface area (Å²) < 4.78 is 33.4. The van der Waals surface area contributed by atoms with Gasteiger partial charge in [-0.25, -0.2) is 8.42 Å². The second kappa shape index (κ2) is 11.1. The molecule has 39 heavy (non-hydrogen) atoms. The van der Waals surface area contributed by atoms with Crippen LogP contribution in [0, 0.1) is 5.92 Å². The number of nitrogens with one attached hydrogen (secondary N) is 2. The second-order valence-electron chi connectivity index (χ2n) is 9.94. The number of rotatable bonds is 9. The minimum absolute atomic E-state index is 0.0363. The van der Waals surface area contributed by atoms with Gasteiger partial charge in [0.1, 0.15) is 17.5 Å². The number of fused-ring (bicyclic) bond motifs is 1. The first-order chi connectivity index (χ1) is 18.4. The van der Waals surface area contributed by atoms with Crippen molar-refractivity contribution in [2.75, 3.05) is 5.32 Å². The van der Waals surface area contributed by atoms with Gasteiger partial charge in [-0.3, -0.25) is 9.59 Å². The lowest BCUT2D eigenvalue weighted by Crippen LogP contribution is -2.44. The number of hydrogen-bond acceptors (Lipinski definition) is 6. The lowest BCUT2D eigenvalue weighted by Gasteiger charge is -2.18. The highest BCUT2D eigenvalue weighted by atomic mass is 32.2. The number of aryl methyl sites for hydroxylation is 1. The number of sulfonamides is 1. The first-order valence-corrected chi connectivity index (χ1v) is 14.2. The zero-order valence-corrected chi connectivity index (χ0v) is 23.0. The van der Waals surface area contributed by atoms with E-state index in [0.29, 0.717) is 23.4 Å². The van der Waals surface area contributed by atoms with Gasteiger partial charge in [0.15, 0.2) is 6.10 Å². The molecular weight excluding hydrogens is 520 g/mol. The number of aromatic hydroxyl groups is 1. The molecule has 206 valence electrons. The van der Waals surface area contributed by atoms with Gasteiger partial charge in [-0.15, -0.1) is 0 Å². The molecule has 0 bridgehead atoms. The van der Waals surface area contributed by atoms with Crippen molar-refractivity contribution in [3.05, 3.63) is 71.8 Å². The molecule has 3 atom stereocenters. The quantitative estimate of drug-likeness (QED) is 0.306. The zero-order chi connectivity index (χ0) is 28.5. The van der Waals surface area contributed by atoms with Crippen molar-refractivity contribution in [2.45, 2.75) is 57.1 Å². The summed E-state index contributed by atoms with van der Waals surface area (Å²) in [6, 6.07) is 15.5. The number of phenols is 1. The first-order valence-electron chi connectivity index (χ1n) is 12.7. The molecule has 10 heteroatoms. The Morgan fingerprint density at radius 2 is 1.56 bits per heavy atom. The summed E-state index contributed by atoms with van der Waals surface area (Å²) in [6.45, 7) is 7.06. The van der Waals surface area contributed by atoms with Crippen molar-refractivity contribution in [2.24, 2.45) is 5.92 Å². The number of benzene rings is 3. The molecule has 0 aliphatic carbocycles. The van der Waals surface area contributed by atoms with Crippen LogP contribution in [0.2, 0.25) is 0 Å². The number of aliphatic carboxylic acids is 1. The van der Waals surface area contributed by atoms with E-state index in [9.17, 15) is 28.2 Å². The Hall–Kier alpha value is -3.89. The molecule has 0 radical (unpaired) electrons. The summed E-state index contributed by atoms with van der Waals surface area (Å²) in [6.07, 6.45) is -0.106. The van der Waals surface area contributed by atoms with E-state index in [1.807, 2.05) is 13.8 Å². The van der Waals surface area contributed by atoms with Gasteiger partial charge in [-0.2, -0.15) is 4.72 Å². The summed E-state index contributed by atoms with van der Waals surface area (Å²) in [4.78, 5) is 24.3. The van der Waals surface area contributed by atoms with Crippen molar-refractivity contribution in [1.82, 2.24) is 4.72 Å². The van der Waals surface area contributed by atoms with Gasteiger partial charge in [0.05, 0.1) is 4.90 Å². The van der Waals surface area contributed by atoms with Gasteiger partial charge in [-0.1, -0.05) is 58.0 Å². The van der Waals surface area contributed by atoms with Gasteiger partial charge < -0.3 is 20.3 Å². The lowest BCUT2D eigenvalue weighted by atomic mass is 9.93. The number of phenolic OH excluding ortho intramolecular Hbond substituents is 1.